The summed E-state index contributed by atoms with van der Waals surface area (Å²) in [6.45, 7) is 1.88. The van der Waals surface area contributed by atoms with Crippen LogP contribution in [0.1, 0.15) is 32.6 Å². The van der Waals surface area contributed by atoms with Crippen LogP contribution in [0.2, 0.25) is 0 Å². The first-order valence-corrected chi connectivity index (χ1v) is 4.64. The summed E-state index contributed by atoms with van der Waals surface area (Å²) in [6.07, 6.45) is 5.02. The van der Waals surface area contributed by atoms with Gasteiger partial charge in [0.1, 0.15) is 0 Å². The van der Waals surface area contributed by atoms with Gasteiger partial charge in [0, 0.05) is 6.04 Å². The van der Waals surface area contributed by atoms with E-state index in [1.165, 1.54) is 25.7 Å². The van der Waals surface area contributed by atoms with Crippen LogP contribution in [0.4, 0.5) is 0 Å². The van der Waals surface area contributed by atoms with Crippen LogP contribution in [0, 0.1) is 0 Å². The zero-order valence-electron chi connectivity index (χ0n) is 7.92. The summed E-state index contributed by atoms with van der Waals surface area (Å²) in [6, 6.07) is 0.459. The van der Waals surface area contributed by atoms with E-state index in [1.807, 2.05) is 14.0 Å². The molecule has 1 rings (SSSR count). The topological polar surface area (TPSA) is 46.3 Å². The summed E-state index contributed by atoms with van der Waals surface area (Å²) in [4.78, 5) is 13.0. The van der Waals surface area contributed by atoms with Crippen molar-refractivity contribution in [2.24, 2.45) is 5.73 Å². The Morgan fingerprint density at radius 2 is 2.00 bits per heavy atom. The Labute approximate surface area is 73.9 Å². The first-order chi connectivity index (χ1) is 5.63. The number of primary amides is 1. The van der Waals surface area contributed by atoms with E-state index in [0.717, 1.165) is 0 Å². The Morgan fingerprint density at radius 3 is 2.42 bits per heavy atom. The molecule has 0 bridgehead atoms. The van der Waals surface area contributed by atoms with Crippen molar-refractivity contribution in [3.05, 3.63) is 0 Å². The number of rotatable bonds is 3. The van der Waals surface area contributed by atoms with Gasteiger partial charge in [0.15, 0.2) is 0 Å². The van der Waals surface area contributed by atoms with Gasteiger partial charge in [0.2, 0.25) is 5.91 Å². The Kier molecular flexibility index (Phi) is 3.09. The van der Waals surface area contributed by atoms with E-state index in [4.69, 9.17) is 5.73 Å². The Bertz CT molecular complexity index is 164. The summed E-state index contributed by atoms with van der Waals surface area (Å²) in [5, 5.41) is 0. The molecule has 0 heterocycles. The quantitative estimate of drug-likeness (QED) is 0.679. The summed E-state index contributed by atoms with van der Waals surface area (Å²) < 4.78 is 0. The largest absolute Gasteiger partial charge is 0.368 e. The lowest BCUT2D eigenvalue weighted by atomic mass is 10.1. The van der Waals surface area contributed by atoms with Gasteiger partial charge < -0.3 is 5.73 Å². The van der Waals surface area contributed by atoms with E-state index in [9.17, 15) is 4.79 Å². The van der Waals surface area contributed by atoms with E-state index in [0.29, 0.717) is 6.04 Å². The van der Waals surface area contributed by atoms with Gasteiger partial charge in [-0.25, -0.2) is 0 Å². The zero-order chi connectivity index (χ0) is 9.14. The number of carbonyl (C=O) groups is 1. The fraction of sp³-hybridized carbons (Fsp3) is 0.889. The SMILES string of the molecule is CC(C(N)=O)N(C)C1CCCC1. The maximum Gasteiger partial charge on any atom is 0.234 e. The zero-order valence-corrected chi connectivity index (χ0v) is 7.92. The molecule has 0 saturated heterocycles. The standard InChI is InChI=1S/C9H18N2O/c1-7(9(10)12)11(2)8-5-3-4-6-8/h7-8H,3-6H2,1-2H3,(H2,10,12). The highest BCUT2D eigenvalue weighted by Gasteiger charge is 2.25. The van der Waals surface area contributed by atoms with E-state index in [1.54, 1.807) is 0 Å². The van der Waals surface area contributed by atoms with Gasteiger partial charge in [0.25, 0.3) is 0 Å². The highest BCUT2D eigenvalue weighted by Crippen LogP contribution is 2.23. The molecule has 0 aliphatic heterocycles. The van der Waals surface area contributed by atoms with Gasteiger partial charge in [-0.1, -0.05) is 12.8 Å². The molecule has 3 nitrogen and oxygen atoms in total. The van der Waals surface area contributed by atoms with E-state index in [2.05, 4.69) is 4.90 Å². The molecule has 3 heteroatoms. The van der Waals surface area contributed by atoms with E-state index >= 15 is 0 Å². The molecule has 0 radical (unpaired) electrons. The van der Waals surface area contributed by atoms with Crippen LogP contribution in [0.25, 0.3) is 0 Å². The number of nitrogens with zero attached hydrogens (tertiary/aromatic N) is 1. The summed E-state index contributed by atoms with van der Waals surface area (Å²) in [7, 11) is 1.99. The molecule has 1 fully saturated rings. The molecule has 1 aliphatic carbocycles. The molecule has 1 aliphatic rings. The second kappa shape index (κ2) is 3.90. The third-order valence-electron chi connectivity index (χ3n) is 2.92. The summed E-state index contributed by atoms with van der Waals surface area (Å²) in [5.74, 6) is -0.218. The summed E-state index contributed by atoms with van der Waals surface area (Å²) in [5.41, 5.74) is 5.22. The van der Waals surface area contributed by atoms with Crippen molar-refractivity contribution < 1.29 is 4.79 Å². The first-order valence-electron chi connectivity index (χ1n) is 4.64. The van der Waals surface area contributed by atoms with Crippen molar-refractivity contribution in [1.82, 2.24) is 4.90 Å². The van der Waals surface area contributed by atoms with Gasteiger partial charge in [-0.2, -0.15) is 0 Å². The van der Waals surface area contributed by atoms with Crippen molar-refractivity contribution in [2.75, 3.05) is 7.05 Å². The molecule has 1 saturated carbocycles. The molecule has 0 aromatic rings. The van der Waals surface area contributed by atoms with Gasteiger partial charge >= 0.3 is 0 Å². The van der Waals surface area contributed by atoms with Crippen molar-refractivity contribution in [2.45, 2.75) is 44.7 Å². The molecule has 0 spiro atoms. The second-order valence-corrected chi connectivity index (χ2v) is 3.68. The molecule has 70 valence electrons. The first kappa shape index (κ1) is 9.52. The number of nitrogens with two attached hydrogens (primary N) is 1. The van der Waals surface area contributed by atoms with Gasteiger partial charge in [0.05, 0.1) is 6.04 Å². The lowest BCUT2D eigenvalue weighted by Gasteiger charge is -2.28. The average Bonchev–Trinajstić information content (AvgIpc) is 2.53. The van der Waals surface area contributed by atoms with Crippen molar-refractivity contribution in [3.63, 3.8) is 0 Å². The van der Waals surface area contributed by atoms with Crippen LogP contribution in [0.5, 0.6) is 0 Å². The van der Waals surface area contributed by atoms with Gasteiger partial charge in [-0.3, -0.25) is 9.69 Å². The van der Waals surface area contributed by atoms with Crippen molar-refractivity contribution >= 4 is 5.91 Å². The van der Waals surface area contributed by atoms with Crippen LogP contribution in [0.3, 0.4) is 0 Å². The van der Waals surface area contributed by atoms with Crippen molar-refractivity contribution in [1.29, 1.82) is 0 Å². The molecule has 2 N–H and O–H groups in total. The number of carbonyl (C=O) groups excluding carboxylic acids is 1. The average molecular weight is 170 g/mol. The number of hydrogen-bond donors (Lipinski definition) is 1. The minimum Gasteiger partial charge on any atom is -0.368 e. The maximum atomic E-state index is 10.9. The van der Waals surface area contributed by atoms with Crippen LogP contribution < -0.4 is 5.73 Å². The molecule has 0 aromatic heterocycles. The molecular weight excluding hydrogens is 152 g/mol. The summed E-state index contributed by atoms with van der Waals surface area (Å²) >= 11 is 0. The lowest BCUT2D eigenvalue weighted by molar-refractivity contribution is -0.122. The maximum absolute atomic E-state index is 10.9. The third-order valence-corrected chi connectivity index (χ3v) is 2.92. The normalized spacial score (nSPS) is 21.6. The van der Waals surface area contributed by atoms with E-state index < -0.39 is 0 Å². The number of likely N-dealkylation sites (N-methyl/N-ethyl adjacent to an activating group) is 1. The predicted octanol–water partition coefficient (Wildman–Crippen LogP) is 0.735. The monoisotopic (exact) mass is 170 g/mol. The molecular formula is C9H18N2O. The number of amides is 1. The molecule has 12 heavy (non-hydrogen) atoms. The highest BCUT2D eigenvalue weighted by molar-refractivity contribution is 5.79. The van der Waals surface area contributed by atoms with Crippen LogP contribution in [0.15, 0.2) is 0 Å². The molecule has 1 amide bonds. The molecule has 1 unspecified atom stereocenters. The number of hydrogen-bond acceptors (Lipinski definition) is 2. The Morgan fingerprint density at radius 1 is 1.50 bits per heavy atom. The lowest BCUT2D eigenvalue weighted by Crippen LogP contribution is -2.44. The molecule has 1 atom stereocenters. The fourth-order valence-electron chi connectivity index (χ4n) is 1.83. The van der Waals surface area contributed by atoms with E-state index in [-0.39, 0.29) is 11.9 Å². The minimum atomic E-state index is -0.218. The minimum absolute atomic E-state index is 0.118. The second-order valence-electron chi connectivity index (χ2n) is 3.68. The predicted molar refractivity (Wildman–Crippen MR) is 48.7 cm³/mol. The van der Waals surface area contributed by atoms with Crippen molar-refractivity contribution in [3.8, 4) is 0 Å². The Hall–Kier alpha value is -0.570. The van der Waals surface area contributed by atoms with Gasteiger partial charge in [-0.15, -0.1) is 0 Å². The van der Waals surface area contributed by atoms with Crippen LogP contribution in [-0.4, -0.2) is 29.9 Å². The third kappa shape index (κ3) is 1.97. The highest BCUT2D eigenvalue weighted by atomic mass is 16.1. The van der Waals surface area contributed by atoms with Crippen LogP contribution in [-0.2, 0) is 4.79 Å². The van der Waals surface area contributed by atoms with Crippen LogP contribution >= 0.6 is 0 Å². The smallest absolute Gasteiger partial charge is 0.234 e. The fourth-order valence-corrected chi connectivity index (χ4v) is 1.83. The van der Waals surface area contributed by atoms with Gasteiger partial charge in [-0.05, 0) is 26.8 Å². The molecule has 0 aromatic carbocycles. The Balaban J connectivity index is 2.44.